The second kappa shape index (κ2) is 4.26. The van der Waals surface area contributed by atoms with Crippen LogP contribution >= 0.6 is 27.3 Å². The normalized spacial score (nSPS) is 10.4. The molecule has 0 aliphatic carbocycles. The third-order valence-corrected chi connectivity index (χ3v) is 3.15. The van der Waals surface area contributed by atoms with Gasteiger partial charge in [-0.15, -0.1) is 0 Å². The molecule has 0 bridgehead atoms. The molecule has 0 N–H and O–H groups in total. The van der Waals surface area contributed by atoms with Gasteiger partial charge in [-0.1, -0.05) is 11.3 Å². The zero-order chi connectivity index (χ0) is 11.7. The molecule has 0 saturated carbocycles. The first kappa shape index (κ1) is 11.2. The van der Waals surface area contributed by atoms with E-state index < -0.39 is 11.1 Å². The van der Waals surface area contributed by atoms with Crippen LogP contribution in [0.1, 0.15) is 0 Å². The summed E-state index contributed by atoms with van der Waals surface area (Å²) < 4.78 is 15.3. The number of benzene rings is 1. The van der Waals surface area contributed by atoms with Crippen molar-refractivity contribution in [3.8, 4) is 5.75 Å². The summed E-state index contributed by atoms with van der Waals surface area (Å²) in [6.45, 7) is 0. The van der Waals surface area contributed by atoms with Crippen LogP contribution in [-0.2, 0) is 4.74 Å². The van der Waals surface area contributed by atoms with Crippen LogP contribution < -0.4 is 9.68 Å². The van der Waals surface area contributed by atoms with Crippen LogP contribution in [0.15, 0.2) is 25.8 Å². The van der Waals surface area contributed by atoms with Gasteiger partial charge in [0.1, 0.15) is 0 Å². The molecule has 16 heavy (non-hydrogen) atoms. The van der Waals surface area contributed by atoms with E-state index in [0.717, 1.165) is 11.3 Å². The van der Waals surface area contributed by atoms with E-state index in [1.807, 2.05) is 0 Å². The van der Waals surface area contributed by atoms with E-state index in [2.05, 4.69) is 20.7 Å². The lowest BCUT2D eigenvalue weighted by Gasteiger charge is -2.03. The maximum absolute atomic E-state index is 11.0. The summed E-state index contributed by atoms with van der Waals surface area (Å²) in [4.78, 5) is 21.5. The van der Waals surface area contributed by atoms with E-state index in [4.69, 9.17) is 9.15 Å². The molecule has 1 aromatic heterocycles. The predicted octanol–water partition coefficient (Wildman–Crippen LogP) is 2.76. The van der Waals surface area contributed by atoms with Crippen molar-refractivity contribution >= 4 is 43.7 Å². The average Bonchev–Trinajstić information content (AvgIpc) is 2.58. The van der Waals surface area contributed by atoms with Gasteiger partial charge in [0.05, 0.1) is 16.3 Å². The van der Waals surface area contributed by atoms with Crippen molar-refractivity contribution in [3.63, 3.8) is 0 Å². The standard InChI is InChI=1S/C9H5BrO5S/c1-13-8(11)14-5-3-6-7(2-4(5)10)16-9(12)15-6/h2-3H,1H3. The molecule has 0 fully saturated rings. The molecule has 2 rings (SSSR count). The van der Waals surface area contributed by atoms with E-state index >= 15 is 0 Å². The molecule has 2 aromatic rings. The Balaban J connectivity index is 2.49. The third kappa shape index (κ3) is 2.10. The van der Waals surface area contributed by atoms with Crippen molar-refractivity contribution in [3.05, 3.63) is 26.3 Å². The topological polar surface area (TPSA) is 65.7 Å². The van der Waals surface area contributed by atoms with Crippen LogP contribution in [0, 0.1) is 0 Å². The minimum Gasteiger partial charge on any atom is -0.437 e. The molecule has 1 heterocycles. The van der Waals surface area contributed by atoms with Crippen molar-refractivity contribution in [1.82, 2.24) is 0 Å². The number of halogens is 1. The third-order valence-electron chi connectivity index (χ3n) is 1.74. The van der Waals surface area contributed by atoms with E-state index in [0.29, 0.717) is 14.8 Å². The number of ether oxygens (including phenoxy) is 2. The van der Waals surface area contributed by atoms with Gasteiger partial charge >= 0.3 is 11.1 Å². The number of fused-ring (bicyclic) bond motifs is 1. The fourth-order valence-corrected chi connectivity index (χ4v) is 2.35. The zero-order valence-electron chi connectivity index (χ0n) is 7.98. The van der Waals surface area contributed by atoms with Crippen molar-refractivity contribution < 1.29 is 18.7 Å². The lowest BCUT2D eigenvalue weighted by atomic mass is 10.3. The highest BCUT2D eigenvalue weighted by Gasteiger charge is 2.12. The Morgan fingerprint density at radius 3 is 2.94 bits per heavy atom. The quantitative estimate of drug-likeness (QED) is 0.598. The summed E-state index contributed by atoms with van der Waals surface area (Å²) in [7, 11) is 1.21. The minimum absolute atomic E-state index is 0.237. The van der Waals surface area contributed by atoms with E-state index in [1.54, 1.807) is 6.07 Å². The van der Waals surface area contributed by atoms with Gasteiger partial charge in [0, 0.05) is 6.07 Å². The van der Waals surface area contributed by atoms with Crippen molar-refractivity contribution in [2.24, 2.45) is 0 Å². The molecule has 0 radical (unpaired) electrons. The predicted molar refractivity (Wildman–Crippen MR) is 61.1 cm³/mol. The highest BCUT2D eigenvalue weighted by Crippen LogP contribution is 2.31. The van der Waals surface area contributed by atoms with Gasteiger partial charge < -0.3 is 13.9 Å². The monoisotopic (exact) mass is 304 g/mol. The molecule has 0 aliphatic rings. The van der Waals surface area contributed by atoms with Crippen LogP contribution in [-0.4, -0.2) is 13.3 Å². The number of rotatable bonds is 1. The Hall–Kier alpha value is -1.34. The molecule has 1 aromatic carbocycles. The molecule has 0 atom stereocenters. The molecule has 0 aliphatic heterocycles. The number of methoxy groups -OCH3 is 1. The summed E-state index contributed by atoms with van der Waals surface area (Å²) in [5.74, 6) is 0.237. The second-order valence-electron chi connectivity index (χ2n) is 2.74. The number of carbonyl (C=O) groups is 1. The molecule has 5 nitrogen and oxygen atoms in total. The van der Waals surface area contributed by atoms with Gasteiger partial charge in [-0.05, 0) is 22.0 Å². The van der Waals surface area contributed by atoms with E-state index in [9.17, 15) is 9.59 Å². The molecule has 0 amide bonds. The second-order valence-corrected chi connectivity index (χ2v) is 4.57. The Morgan fingerprint density at radius 2 is 2.25 bits per heavy atom. The van der Waals surface area contributed by atoms with Crippen LogP contribution in [0.25, 0.3) is 10.3 Å². The van der Waals surface area contributed by atoms with Gasteiger partial charge in [0.15, 0.2) is 11.3 Å². The molecular weight excluding hydrogens is 300 g/mol. The smallest absolute Gasteiger partial charge is 0.437 e. The largest absolute Gasteiger partial charge is 0.513 e. The fraction of sp³-hybridized carbons (Fsp3) is 0.111. The molecule has 7 heteroatoms. The van der Waals surface area contributed by atoms with Crippen molar-refractivity contribution in [2.45, 2.75) is 0 Å². The number of carbonyl (C=O) groups excluding carboxylic acids is 1. The zero-order valence-corrected chi connectivity index (χ0v) is 10.4. The van der Waals surface area contributed by atoms with Crippen LogP contribution in [0.5, 0.6) is 5.75 Å². The minimum atomic E-state index is -0.836. The summed E-state index contributed by atoms with van der Waals surface area (Å²) in [6, 6.07) is 3.09. The first-order valence-electron chi connectivity index (χ1n) is 4.09. The molecule has 0 unspecified atom stereocenters. The van der Waals surface area contributed by atoms with Gasteiger partial charge in [-0.2, -0.15) is 0 Å². The summed E-state index contributed by atoms with van der Waals surface area (Å²) in [6.07, 6.45) is -0.836. The van der Waals surface area contributed by atoms with Crippen molar-refractivity contribution in [1.29, 1.82) is 0 Å². The Kier molecular flexibility index (Phi) is 2.97. The molecule has 0 saturated heterocycles. The Labute approximate surface area is 102 Å². The van der Waals surface area contributed by atoms with Crippen LogP contribution in [0.3, 0.4) is 0 Å². The highest BCUT2D eigenvalue weighted by atomic mass is 79.9. The van der Waals surface area contributed by atoms with E-state index in [1.165, 1.54) is 13.2 Å². The van der Waals surface area contributed by atoms with E-state index in [-0.39, 0.29) is 5.75 Å². The van der Waals surface area contributed by atoms with Gasteiger partial charge in [0.25, 0.3) is 0 Å². The maximum Gasteiger partial charge on any atom is 0.513 e. The summed E-state index contributed by atoms with van der Waals surface area (Å²) >= 11 is 4.19. The summed E-state index contributed by atoms with van der Waals surface area (Å²) in [5.41, 5.74) is 0.372. The van der Waals surface area contributed by atoms with Crippen LogP contribution in [0.4, 0.5) is 4.79 Å². The highest BCUT2D eigenvalue weighted by molar-refractivity contribution is 9.10. The lowest BCUT2D eigenvalue weighted by Crippen LogP contribution is -2.07. The average molecular weight is 305 g/mol. The number of hydrogen-bond acceptors (Lipinski definition) is 6. The van der Waals surface area contributed by atoms with Gasteiger partial charge in [-0.3, -0.25) is 0 Å². The Bertz CT molecular complexity index is 599. The first-order chi connectivity index (χ1) is 7.60. The van der Waals surface area contributed by atoms with Crippen LogP contribution in [0.2, 0.25) is 0 Å². The fourth-order valence-electron chi connectivity index (χ4n) is 1.09. The van der Waals surface area contributed by atoms with Crippen molar-refractivity contribution in [2.75, 3.05) is 7.11 Å². The molecule has 0 spiro atoms. The maximum atomic E-state index is 11.0. The summed E-state index contributed by atoms with van der Waals surface area (Å²) in [5, 5.41) is 0. The molecular formula is C9H5BrO5S. The van der Waals surface area contributed by atoms with Gasteiger partial charge in [0.2, 0.25) is 0 Å². The van der Waals surface area contributed by atoms with Gasteiger partial charge in [-0.25, -0.2) is 9.59 Å². The molecule has 84 valence electrons. The lowest BCUT2D eigenvalue weighted by molar-refractivity contribution is 0.121. The first-order valence-corrected chi connectivity index (χ1v) is 5.70. The SMILES string of the molecule is COC(=O)Oc1cc2oc(=O)sc2cc1Br. The Morgan fingerprint density at radius 1 is 1.50 bits per heavy atom. The number of hydrogen-bond donors (Lipinski definition) is 0.